The van der Waals surface area contributed by atoms with Crippen LogP contribution in [0.25, 0.3) is 10.9 Å². The summed E-state index contributed by atoms with van der Waals surface area (Å²) in [5.74, 6) is 1.18. The fourth-order valence-electron chi connectivity index (χ4n) is 2.06. The Morgan fingerprint density at radius 3 is 2.52 bits per heavy atom. The van der Waals surface area contributed by atoms with Gasteiger partial charge in [-0.1, -0.05) is 12.1 Å². The van der Waals surface area contributed by atoms with Crippen LogP contribution in [0.2, 0.25) is 0 Å². The molecule has 98 valence electrons. The third kappa shape index (κ3) is 2.39. The maximum absolute atomic E-state index is 9.05. The van der Waals surface area contributed by atoms with Gasteiger partial charge < -0.3 is 4.74 Å². The van der Waals surface area contributed by atoms with Crippen LogP contribution in [0.3, 0.4) is 0 Å². The molecule has 0 atom stereocenters. The highest BCUT2D eigenvalue weighted by Gasteiger charge is 2.07. The Bertz CT molecular complexity index is 899. The molecule has 0 amide bonds. The van der Waals surface area contributed by atoms with Crippen molar-refractivity contribution in [2.24, 2.45) is 0 Å². The lowest BCUT2D eigenvalue weighted by Gasteiger charge is -2.09. The highest BCUT2D eigenvalue weighted by Crippen LogP contribution is 2.29. The van der Waals surface area contributed by atoms with Crippen molar-refractivity contribution >= 4 is 10.9 Å². The lowest BCUT2D eigenvalue weighted by molar-refractivity contribution is 0.487. The van der Waals surface area contributed by atoms with Gasteiger partial charge in [0.25, 0.3) is 0 Å². The first-order valence-corrected chi connectivity index (χ1v) is 6.27. The van der Waals surface area contributed by atoms with Crippen molar-refractivity contribution in [1.82, 2.24) is 4.98 Å². The van der Waals surface area contributed by atoms with E-state index < -0.39 is 0 Å². The van der Waals surface area contributed by atoms with Crippen LogP contribution in [0.4, 0.5) is 0 Å². The fraction of sp³-hybridized carbons (Fsp3) is 0. The highest BCUT2D eigenvalue weighted by atomic mass is 16.5. The highest BCUT2D eigenvalue weighted by molar-refractivity contribution is 5.84. The summed E-state index contributed by atoms with van der Waals surface area (Å²) in [6.07, 6.45) is 1.67. The summed E-state index contributed by atoms with van der Waals surface area (Å²) in [6.45, 7) is 0. The molecule has 3 rings (SSSR count). The van der Waals surface area contributed by atoms with Crippen LogP contribution in [-0.4, -0.2) is 4.98 Å². The Labute approximate surface area is 121 Å². The van der Waals surface area contributed by atoms with E-state index in [1.165, 1.54) is 0 Å². The molecule has 0 N–H and O–H groups in total. The van der Waals surface area contributed by atoms with Crippen molar-refractivity contribution in [1.29, 1.82) is 10.5 Å². The first-order chi connectivity index (χ1) is 10.3. The Morgan fingerprint density at radius 2 is 1.71 bits per heavy atom. The van der Waals surface area contributed by atoms with E-state index in [4.69, 9.17) is 15.3 Å². The minimum Gasteiger partial charge on any atom is -0.457 e. The zero-order chi connectivity index (χ0) is 14.7. The molecule has 0 saturated heterocycles. The topological polar surface area (TPSA) is 69.7 Å². The Morgan fingerprint density at radius 1 is 0.905 bits per heavy atom. The number of nitrogens with zero attached hydrogens (tertiary/aromatic N) is 3. The number of rotatable bonds is 2. The zero-order valence-electron chi connectivity index (χ0n) is 10.9. The first kappa shape index (κ1) is 12.7. The van der Waals surface area contributed by atoms with Gasteiger partial charge in [-0.3, -0.25) is 4.98 Å². The van der Waals surface area contributed by atoms with Gasteiger partial charge >= 0.3 is 0 Å². The molecule has 0 aliphatic carbocycles. The van der Waals surface area contributed by atoms with Crippen molar-refractivity contribution in [3.63, 3.8) is 0 Å². The smallest absolute Gasteiger partial charge is 0.138 e. The number of hydrogen-bond donors (Lipinski definition) is 0. The van der Waals surface area contributed by atoms with Crippen LogP contribution in [0, 0.1) is 22.7 Å². The molecule has 1 heterocycles. The number of hydrogen-bond acceptors (Lipinski definition) is 4. The van der Waals surface area contributed by atoms with Crippen molar-refractivity contribution < 1.29 is 4.74 Å². The fourth-order valence-corrected chi connectivity index (χ4v) is 2.06. The number of para-hydroxylation sites is 1. The maximum atomic E-state index is 9.05. The van der Waals surface area contributed by atoms with E-state index in [0.29, 0.717) is 22.6 Å². The Balaban J connectivity index is 2.04. The molecule has 0 saturated carbocycles. The molecule has 1 aromatic heterocycles. The lowest BCUT2D eigenvalue weighted by atomic mass is 10.1. The van der Waals surface area contributed by atoms with E-state index >= 15 is 0 Å². The van der Waals surface area contributed by atoms with Crippen molar-refractivity contribution in [2.75, 3.05) is 0 Å². The van der Waals surface area contributed by atoms with Gasteiger partial charge in [0.2, 0.25) is 0 Å². The lowest BCUT2D eigenvalue weighted by Crippen LogP contribution is -1.90. The minimum absolute atomic E-state index is 0.299. The third-order valence-corrected chi connectivity index (χ3v) is 3.07. The predicted molar refractivity (Wildman–Crippen MR) is 77.7 cm³/mol. The number of ether oxygens (including phenoxy) is 1. The molecule has 4 heteroatoms. The monoisotopic (exact) mass is 271 g/mol. The third-order valence-electron chi connectivity index (χ3n) is 3.07. The summed E-state index contributed by atoms with van der Waals surface area (Å²) in [4.78, 5) is 4.27. The molecule has 0 aliphatic rings. The van der Waals surface area contributed by atoms with E-state index in [2.05, 4.69) is 4.98 Å². The number of fused-ring (bicyclic) bond motifs is 1. The summed E-state index contributed by atoms with van der Waals surface area (Å²) in [7, 11) is 0. The quantitative estimate of drug-likeness (QED) is 0.711. The van der Waals surface area contributed by atoms with E-state index in [1.807, 2.05) is 36.4 Å². The zero-order valence-corrected chi connectivity index (χ0v) is 10.9. The average Bonchev–Trinajstić information content (AvgIpc) is 2.55. The molecule has 0 unspecified atom stereocenters. The van der Waals surface area contributed by atoms with Gasteiger partial charge in [-0.15, -0.1) is 0 Å². The predicted octanol–water partition coefficient (Wildman–Crippen LogP) is 3.77. The van der Waals surface area contributed by atoms with E-state index in [1.54, 1.807) is 30.5 Å². The number of pyridine rings is 1. The van der Waals surface area contributed by atoms with E-state index in [0.717, 1.165) is 10.9 Å². The summed E-state index contributed by atoms with van der Waals surface area (Å²) in [5.41, 5.74) is 1.47. The molecule has 4 nitrogen and oxygen atoms in total. The van der Waals surface area contributed by atoms with Crippen LogP contribution < -0.4 is 4.74 Å². The van der Waals surface area contributed by atoms with Gasteiger partial charge in [-0.05, 0) is 36.4 Å². The summed E-state index contributed by atoms with van der Waals surface area (Å²) in [5, 5.41) is 18.9. The summed E-state index contributed by atoms with van der Waals surface area (Å²) >= 11 is 0. The van der Waals surface area contributed by atoms with E-state index in [9.17, 15) is 0 Å². The van der Waals surface area contributed by atoms with Crippen molar-refractivity contribution in [3.8, 4) is 23.6 Å². The molecule has 0 fully saturated rings. The minimum atomic E-state index is 0.299. The normalized spacial score (nSPS) is 9.81. The standard InChI is InChI=1S/C17H9N3O/c18-10-12-5-6-14(9-13(12)11-19)21-17-7-8-20-16-4-2-1-3-15(16)17/h1-9H. The molecular weight excluding hydrogens is 262 g/mol. The molecule has 3 aromatic rings. The molecule has 0 bridgehead atoms. The van der Waals surface area contributed by atoms with Gasteiger partial charge in [-0.25, -0.2) is 0 Å². The van der Waals surface area contributed by atoms with Gasteiger partial charge in [0.15, 0.2) is 0 Å². The Kier molecular flexibility index (Phi) is 3.21. The molecule has 2 aromatic carbocycles. The van der Waals surface area contributed by atoms with Crippen LogP contribution in [-0.2, 0) is 0 Å². The van der Waals surface area contributed by atoms with Gasteiger partial charge in [0.1, 0.15) is 23.6 Å². The first-order valence-electron chi connectivity index (χ1n) is 6.27. The van der Waals surface area contributed by atoms with Crippen LogP contribution in [0.1, 0.15) is 11.1 Å². The van der Waals surface area contributed by atoms with Crippen LogP contribution >= 0.6 is 0 Å². The summed E-state index contributed by atoms with van der Waals surface area (Å²) in [6, 6.07) is 18.2. The number of benzene rings is 2. The second-order valence-electron chi connectivity index (χ2n) is 4.36. The van der Waals surface area contributed by atoms with Crippen molar-refractivity contribution in [2.45, 2.75) is 0 Å². The van der Waals surface area contributed by atoms with Gasteiger partial charge in [0, 0.05) is 11.6 Å². The van der Waals surface area contributed by atoms with Crippen LogP contribution in [0.15, 0.2) is 54.7 Å². The molecule has 0 aliphatic heterocycles. The second-order valence-corrected chi connectivity index (χ2v) is 4.36. The maximum Gasteiger partial charge on any atom is 0.138 e. The summed E-state index contributed by atoms with van der Waals surface area (Å²) < 4.78 is 5.83. The molecule has 21 heavy (non-hydrogen) atoms. The second kappa shape index (κ2) is 5.32. The molecular formula is C17H9N3O. The number of aromatic nitrogens is 1. The molecule has 0 radical (unpaired) electrons. The SMILES string of the molecule is N#Cc1ccc(Oc2ccnc3ccccc23)cc1C#N. The largest absolute Gasteiger partial charge is 0.457 e. The Hall–Kier alpha value is -3.37. The number of nitriles is 2. The molecule has 0 spiro atoms. The average molecular weight is 271 g/mol. The van der Waals surface area contributed by atoms with Gasteiger partial charge in [-0.2, -0.15) is 10.5 Å². The van der Waals surface area contributed by atoms with Gasteiger partial charge in [0.05, 0.1) is 16.6 Å². The van der Waals surface area contributed by atoms with Crippen molar-refractivity contribution in [3.05, 3.63) is 65.9 Å². The van der Waals surface area contributed by atoms with Crippen LogP contribution in [0.5, 0.6) is 11.5 Å². The van der Waals surface area contributed by atoms with E-state index in [-0.39, 0.29) is 0 Å².